The van der Waals surface area contributed by atoms with Gasteiger partial charge in [0.05, 0.1) is 0 Å². The van der Waals surface area contributed by atoms with Crippen LogP contribution in [0.1, 0.15) is 19.3 Å². The molecule has 0 radical (unpaired) electrons. The van der Waals surface area contributed by atoms with Crippen LogP contribution in [0.5, 0.6) is 0 Å². The van der Waals surface area contributed by atoms with Crippen molar-refractivity contribution in [3.05, 3.63) is 29.3 Å². The Bertz CT molecular complexity index is 321. The Morgan fingerprint density at radius 1 is 1.44 bits per heavy atom. The summed E-state index contributed by atoms with van der Waals surface area (Å²) in [7, 11) is 0. The van der Waals surface area contributed by atoms with Crippen molar-refractivity contribution in [1.82, 2.24) is 5.32 Å². The SMILES string of the molecule is Clc1cccc(NCCC2CCCNC2)c1. The Balaban J connectivity index is 1.71. The molecule has 16 heavy (non-hydrogen) atoms. The fourth-order valence-electron chi connectivity index (χ4n) is 2.19. The second kappa shape index (κ2) is 6.12. The van der Waals surface area contributed by atoms with E-state index in [0.717, 1.165) is 23.2 Å². The van der Waals surface area contributed by atoms with E-state index in [1.54, 1.807) is 0 Å². The van der Waals surface area contributed by atoms with E-state index in [2.05, 4.69) is 16.7 Å². The molecule has 0 amide bonds. The van der Waals surface area contributed by atoms with Gasteiger partial charge in [-0.05, 0) is 56.5 Å². The van der Waals surface area contributed by atoms with Crippen molar-refractivity contribution in [2.45, 2.75) is 19.3 Å². The highest BCUT2D eigenvalue weighted by Gasteiger charge is 2.11. The summed E-state index contributed by atoms with van der Waals surface area (Å²) in [5.74, 6) is 0.834. The van der Waals surface area contributed by atoms with Gasteiger partial charge >= 0.3 is 0 Å². The van der Waals surface area contributed by atoms with Gasteiger partial charge in [-0.2, -0.15) is 0 Å². The lowest BCUT2D eigenvalue weighted by Gasteiger charge is -2.22. The minimum Gasteiger partial charge on any atom is -0.385 e. The molecule has 0 spiro atoms. The lowest BCUT2D eigenvalue weighted by Crippen LogP contribution is -2.30. The average Bonchev–Trinajstić information content (AvgIpc) is 2.30. The van der Waals surface area contributed by atoms with Crippen molar-refractivity contribution in [2.75, 3.05) is 25.0 Å². The minimum atomic E-state index is 0.796. The first-order chi connectivity index (χ1) is 7.84. The number of halogens is 1. The van der Waals surface area contributed by atoms with Crippen LogP contribution >= 0.6 is 11.6 Å². The van der Waals surface area contributed by atoms with Crippen molar-refractivity contribution in [3.8, 4) is 0 Å². The molecule has 1 heterocycles. The molecule has 3 heteroatoms. The van der Waals surface area contributed by atoms with Crippen LogP contribution in [0.2, 0.25) is 5.02 Å². The maximum Gasteiger partial charge on any atom is 0.0426 e. The zero-order valence-corrected chi connectivity index (χ0v) is 10.3. The van der Waals surface area contributed by atoms with Crippen LogP contribution in [0.4, 0.5) is 5.69 Å². The molecule has 0 aromatic heterocycles. The Morgan fingerprint density at radius 3 is 3.12 bits per heavy atom. The molecule has 88 valence electrons. The maximum atomic E-state index is 5.92. The number of hydrogen-bond acceptors (Lipinski definition) is 2. The molecule has 1 aromatic carbocycles. The Kier molecular flexibility index (Phi) is 4.49. The molecule has 2 N–H and O–H groups in total. The number of nitrogens with one attached hydrogen (secondary N) is 2. The lowest BCUT2D eigenvalue weighted by molar-refractivity contribution is 0.364. The second-order valence-corrected chi connectivity index (χ2v) is 4.87. The molecule has 0 saturated carbocycles. The van der Waals surface area contributed by atoms with Crippen molar-refractivity contribution in [1.29, 1.82) is 0 Å². The summed E-state index contributed by atoms with van der Waals surface area (Å²) < 4.78 is 0. The molecule has 0 aliphatic carbocycles. The summed E-state index contributed by atoms with van der Waals surface area (Å²) in [5.41, 5.74) is 1.12. The van der Waals surface area contributed by atoms with Crippen molar-refractivity contribution in [3.63, 3.8) is 0 Å². The molecule has 1 unspecified atom stereocenters. The fraction of sp³-hybridized carbons (Fsp3) is 0.538. The van der Waals surface area contributed by atoms with Gasteiger partial charge < -0.3 is 10.6 Å². The van der Waals surface area contributed by atoms with Gasteiger partial charge in [-0.15, -0.1) is 0 Å². The van der Waals surface area contributed by atoms with E-state index in [-0.39, 0.29) is 0 Å². The van der Waals surface area contributed by atoms with Crippen molar-refractivity contribution in [2.24, 2.45) is 5.92 Å². The van der Waals surface area contributed by atoms with E-state index in [9.17, 15) is 0 Å². The number of anilines is 1. The highest BCUT2D eigenvalue weighted by molar-refractivity contribution is 6.30. The molecule has 0 bridgehead atoms. The fourth-order valence-corrected chi connectivity index (χ4v) is 2.38. The van der Waals surface area contributed by atoms with E-state index in [1.807, 2.05) is 18.2 Å². The molecule has 1 atom stereocenters. The molecular weight excluding hydrogens is 220 g/mol. The first kappa shape index (κ1) is 11.7. The molecule has 1 aliphatic heterocycles. The van der Waals surface area contributed by atoms with Crippen LogP contribution in [0.15, 0.2) is 24.3 Å². The Labute approximate surface area is 102 Å². The van der Waals surface area contributed by atoms with Gasteiger partial charge in [-0.25, -0.2) is 0 Å². The topological polar surface area (TPSA) is 24.1 Å². The number of hydrogen-bond donors (Lipinski definition) is 2. The summed E-state index contributed by atoms with van der Waals surface area (Å²) in [5, 5.41) is 7.66. The van der Waals surface area contributed by atoms with E-state index in [4.69, 9.17) is 11.6 Å². The van der Waals surface area contributed by atoms with Gasteiger partial charge in [-0.3, -0.25) is 0 Å². The summed E-state index contributed by atoms with van der Waals surface area (Å²) in [6.07, 6.45) is 3.92. The molecule has 1 aliphatic rings. The van der Waals surface area contributed by atoms with Gasteiger partial charge in [0.1, 0.15) is 0 Å². The monoisotopic (exact) mass is 238 g/mol. The van der Waals surface area contributed by atoms with Crippen LogP contribution in [-0.4, -0.2) is 19.6 Å². The standard InChI is InChI=1S/C13H19ClN2/c14-12-4-1-5-13(9-12)16-8-6-11-3-2-7-15-10-11/h1,4-5,9,11,15-16H,2-3,6-8,10H2. The minimum absolute atomic E-state index is 0.796. The highest BCUT2D eigenvalue weighted by atomic mass is 35.5. The number of benzene rings is 1. The largest absolute Gasteiger partial charge is 0.385 e. The third-order valence-electron chi connectivity index (χ3n) is 3.11. The molecule has 2 rings (SSSR count). The van der Waals surface area contributed by atoms with Gasteiger partial charge in [-0.1, -0.05) is 17.7 Å². The molecular formula is C13H19ClN2. The van der Waals surface area contributed by atoms with Crippen LogP contribution in [0, 0.1) is 5.92 Å². The zero-order chi connectivity index (χ0) is 11.2. The summed E-state index contributed by atoms with van der Waals surface area (Å²) in [4.78, 5) is 0. The van der Waals surface area contributed by atoms with E-state index in [1.165, 1.54) is 32.4 Å². The third kappa shape index (κ3) is 3.69. The quantitative estimate of drug-likeness (QED) is 0.842. The summed E-state index contributed by atoms with van der Waals surface area (Å²) in [6.45, 7) is 3.40. The van der Waals surface area contributed by atoms with Crippen LogP contribution in [0.3, 0.4) is 0 Å². The third-order valence-corrected chi connectivity index (χ3v) is 3.34. The van der Waals surface area contributed by atoms with Gasteiger partial charge in [0.25, 0.3) is 0 Å². The average molecular weight is 239 g/mol. The van der Waals surface area contributed by atoms with Gasteiger partial charge in [0.2, 0.25) is 0 Å². The molecule has 2 nitrogen and oxygen atoms in total. The predicted molar refractivity (Wildman–Crippen MR) is 70.2 cm³/mol. The first-order valence-electron chi connectivity index (χ1n) is 6.05. The van der Waals surface area contributed by atoms with Crippen molar-refractivity contribution < 1.29 is 0 Å². The maximum absolute atomic E-state index is 5.92. The lowest BCUT2D eigenvalue weighted by atomic mass is 9.96. The predicted octanol–water partition coefficient (Wildman–Crippen LogP) is 3.14. The van der Waals surface area contributed by atoms with Crippen LogP contribution < -0.4 is 10.6 Å². The highest BCUT2D eigenvalue weighted by Crippen LogP contribution is 2.17. The first-order valence-corrected chi connectivity index (χ1v) is 6.42. The van der Waals surface area contributed by atoms with E-state index >= 15 is 0 Å². The summed E-state index contributed by atoms with van der Waals surface area (Å²) in [6, 6.07) is 7.91. The second-order valence-electron chi connectivity index (χ2n) is 4.44. The van der Waals surface area contributed by atoms with Crippen molar-refractivity contribution >= 4 is 17.3 Å². The van der Waals surface area contributed by atoms with Crippen LogP contribution in [0.25, 0.3) is 0 Å². The van der Waals surface area contributed by atoms with E-state index < -0.39 is 0 Å². The number of rotatable bonds is 4. The molecule has 1 aromatic rings. The zero-order valence-electron chi connectivity index (χ0n) is 9.51. The smallest absolute Gasteiger partial charge is 0.0426 e. The number of piperidine rings is 1. The summed E-state index contributed by atoms with van der Waals surface area (Å²) >= 11 is 5.92. The van der Waals surface area contributed by atoms with Gasteiger partial charge in [0, 0.05) is 17.3 Å². The van der Waals surface area contributed by atoms with Gasteiger partial charge in [0.15, 0.2) is 0 Å². The Hall–Kier alpha value is -0.730. The van der Waals surface area contributed by atoms with Crippen LogP contribution in [-0.2, 0) is 0 Å². The van der Waals surface area contributed by atoms with E-state index in [0.29, 0.717) is 0 Å². The molecule has 1 fully saturated rings. The normalized spacial score (nSPS) is 20.7. The molecule has 1 saturated heterocycles. The Morgan fingerprint density at radius 2 is 2.38 bits per heavy atom.